The van der Waals surface area contributed by atoms with Crippen molar-refractivity contribution in [1.29, 1.82) is 0 Å². The van der Waals surface area contributed by atoms with Crippen molar-refractivity contribution < 1.29 is 14.3 Å². The fraction of sp³-hybridized carbons (Fsp3) is 0.154. The highest BCUT2D eigenvalue weighted by molar-refractivity contribution is 6.33. The van der Waals surface area contributed by atoms with Crippen LogP contribution in [-0.2, 0) is 6.54 Å². The second-order valence-corrected chi connectivity index (χ2v) is 4.35. The largest absolute Gasteiger partial charge is 0.478 e. The first-order chi connectivity index (χ1) is 8.56. The van der Waals surface area contributed by atoms with Gasteiger partial charge in [-0.15, -0.1) is 0 Å². The van der Waals surface area contributed by atoms with Crippen molar-refractivity contribution in [3.63, 3.8) is 0 Å². The van der Waals surface area contributed by atoms with Crippen LogP contribution in [0.5, 0.6) is 0 Å². The Morgan fingerprint density at radius 1 is 1.44 bits per heavy atom. The van der Waals surface area contributed by atoms with Gasteiger partial charge < -0.3 is 14.8 Å². The molecular weight excluding hydrogens is 254 g/mol. The Morgan fingerprint density at radius 2 is 2.22 bits per heavy atom. The van der Waals surface area contributed by atoms with E-state index in [1.165, 1.54) is 12.3 Å². The highest BCUT2D eigenvalue weighted by Gasteiger charge is 2.08. The normalized spacial score (nSPS) is 10.3. The van der Waals surface area contributed by atoms with Crippen molar-refractivity contribution >= 4 is 23.3 Å². The van der Waals surface area contributed by atoms with Crippen LogP contribution in [0.25, 0.3) is 0 Å². The van der Waals surface area contributed by atoms with Crippen molar-refractivity contribution in [3.05, 3.63) is 52.4 Å². The predicted octanol–water partition coefficient (Wildman–Crippen LogP) is 3.55. The molecule has 0 saturated heterocycles. The number of anilines is 1. The van der Waals surface area contributed by atoms with Crippen LogP contribution in [0.1, 0.15) is 21.7 Å². The number of hydrogen-bond donors (Lipinski definition) is 2. The molecule has 0 spiro atoms. The van der Waals surface area contributed by atoms with Crippen LogP contribution in [-0.4, -0.2) is 11.1 Å². The molecule has 0 amide bonds. The third kappa shape index (κ3) is 2.84. The van der Waals surface area contributed by atoms with E-state index in [-0.39, 0.29) is 5.56 Å². The van der Waals surface area contributed by atoms with E-state index in [9.17, 15) is 4.79 Å². The molecule has 0 aliphatic carbocycles. The fourth-order valence-electron chi connectivity index (χ4n) is 1.53. The topological polar surface area (TPSA) is 62.5 Å². The van der Waals surface area contributed by atoms with Gasteiger partial charge in [-0.3, -0.25) is 0 Å². The van der Waals surface area contributed by atoms with E-state index in [0.717, 1.165) is 11.3 Å². The van der Waals surface area contributed by atoms with Crippen molar-refractivity contribution in [1.82, 2.24) is 0 Å². The summed E-state index contributed by atoms with van der Waals surface area (Å²) in [5.41, 5.74) is 2.01. The number of aryl methyl sites for hydroxylation is 1. The Hall–Kier alpha value is -1.94. The van der Waals surface area contributed by atoms with Crippen molar-refractivity contribution in [2.75, 3.05) is 5.32 Å². The molecular formula is C13H12ClNO3. The highest BCUT2D eigenvalue weighted by atomic mass is 35.5. The quantitative estimate of drug-likeness (QED) is 0.887. The Kier molecular flexibility index (Phi) is 3.58. The minimum Gasteiger partial charge on any atom is -0.478 e. The summed E-state index contributed by atoms with van der Waals surface area (Å²) >= 11 is 6.06. The zero-order chi connectivity index (χ0) is 13.1. The molecule has 2 aromatic rings. The Balaban J connectivity index is 2.04. The van der Waals surface area contributed by atoms with Gasteiger partial charge in [0.1, 0.15) is 12.0 Å². The number of benzene rings is 1. The molecule has 94 valence electrons. The summed E-state index contributed by atoms with van der Waals surface area (Å²) in [5.74, 6) is -0.456. The molecule has 0 aliphatic rings. The molecule has 1 aromatic heterocycles. The van der Waals surface area contributed by atoms with E-state index < -0.39 is 5.97 Å². The average molecular weight is 266 g/mol. The van der Waals surface area contributed by atoms with Gasteiger partial charge in [0, 0.05) is 0 Å². The zero-order valence-electron chi connectivity index (χ0n) is 9.74. The van der Waals surface area contributed by atoms with E-state index in [1.54, 1.807) is 0 Å². The number of carboxylic acid groups (broad SMARTS) is 1. The summed E-state index contributed by atoms with van der Waals surface area (Å²) in [7, 11) is 0. The molecule has 1 heterocycles. The molecule has 1 aromatic carbocycles. The molecule has 2 N–H and O–H groups in total. The molecule has 0 radical (unpaired) electrons. The lowest BCUT2D eigenvalue weighted by atomic mass is 10.2. The van der Waals surface area contributed by atoms with Crippen LogP contribution in [0.4, 0.5) is 5.69 Å². The predicted molar refractivity (Wildman–Crippen MR) is 69.2 cm³/mol. The summed E-state index contributed by atoms with van der Waals surface area (Å²) in [5, 5.41) is 12.5. The maximum atomic E-state index is 10.7. The molecule has 2 rings (SSSR count). The summed E-state index contributed by atoms with van der Waals surface area (Å²) in [6.45, 7) is 2.34. The van der Waals surface area contributed by atoms with Crippen molar-refractivity contribution in [2.45, 2.75) is 13.5 Å². The van der Waals surface area contributed by atoms with Crippen LogP contribution in [0.2, 0.25) is 5.02 Å². The summed E-state index contributed by atoms with van der Waals surface area (Å²) < 4.78 is 5.12. The lowest BCUT2D eigenvalue weighted by Gasteiger charge is -2.07. The number of aromatic carboxylic acids is 1. The minimum absolute atomic E-state index is 0.141. The number of furan rings is 1. The third-order valence-corrected chi connectivity index (χ3v) is 2.79. The van der Waals surface area contributed by atoms with E-state index in [4.69, 9.17) is 21.1 Å². The molecule has 0 unspecified atom stereocenters. The summed E-state index contributed by atoms with van der Waals surface area (Å²) in [6, 6.07) is 7.16. The number of nitrogens with one attached hydrogen (secondary N) is 1. The van der Waals surface area contributed by atoms with Crippen LogP contribution in [0.3, 0.4) is 0 Å². The van der Waals surface area contributed by atoms with E-state index in [2.05, 4.69) is 5.32 Å². The van der Waals surface area contributed by atoms with Gasteiger partial charge >= 0.3 is 5.97 Å². The monoisotopic (exact) mass is 265 g/mol. The third-order valence-electron chi connectivity index (χ3n) is 2.48. The number of rotatable bonds is 4. The molecule has 0 fully saturated rings. The van der Waals surface area contributed by atoms with Gasteiger partial charge in [0.2, 0.25) is 0 Å². The molecule has 0 bridgehead atoms. The van der Waals surface area contributed by atoms with Gasteiger partial charge in [-0.1, -0.05) is 17.7 Å². The van der Waals surface area contributed by atoms with Gasteiger partial charge in [0.25, 0.3) is 0 Å². The summed E-state index contributed by atoms with van der Waals surface area (Å²) in [4.78, 5) is 10.7. The lowest BCUT2D eigenvalue weighted by molar-refractivity contribution is 0.0696. The average Bonchev–Trinajstić information content (AvgIpc) is 2.76. The minimum atomic E-state index is -1.00. The number of carboxylic acids is 1. The molecule has 0 saturated carbocycles. The Labute approximate surface area is 109 Å². The van der Waals surface area contributed by atoms with Crippen LogP contribution in [0.15, 0.2) is 34.9 Å². The van der Waals surface area contributed by atoms with E-state index in [0.29, 0.717) is 17.3 Å². The van der Waals surface area contributed by atoms with Gasteiger partial charge in [0.05, 0.1) is 22.8 Å². The Bertz CT molecular complexity index is 577. The van der Waals surface area contributed by atoms with E-state index in [1.807, 2.05) is 25.1 Å². The number of hydrogen-bond acceptors (Lipinski definition) is 3. The second-order valence-electron chi connectivity index (χ2n) is 3.94. The van der Waals surface area contributed by atoms with Gasteiger partial charge in [-0.05, 0) is 30.7 Å². The molecule has 18 heavy (non-hydrogen) atoms. The van der Waals surface area contributed by atoms with Crippen molar-refractivity contribution in [2.24, 2.45) is 0 Å². The first kappa shape index (κ1) is 12.5. The van der Waals surface area contributed by atoms with Gasteiger partial charge in [0.15, 0.2) is 0 Å². The van der Waals surface area contributed by atoms with Crippen molar-refractivity contribution in [3.8, 4) is 0 Å². The second kappa shape index (κ2) is 5.14. The summed E-state index contributed by atoms with van der Waals surface area (Å²) in [6.07, 6.45) is 1.22. The standard InChI is InChI=1S/C13H12ClNO3/c1-8-2-3-12(11(14)4-8)15-6-10-5-9(7-18-10)13(16)17/h2-5,7,15H,6H2,1H3,(H,16,17). The smallest absolute Gasteiger partial charge is 0.338 e. The van der Waals surface area contributed by atoms with Crippen LogP contribution < -0.4 is 5.32 Å². The lowest BCUT2D eigenvalue weighted by Crippen LogP contribution is -1.99. The molecule has 4 nitrogen and oxygen atoms in total. The Morgan fingerprint density at radius 3 is 2.83 bits per heavy atom. The fourth-order valence-corrected chi connectivity index (χ4v) is 1.83. The number of carbonyl (C=O) groups is 1. The number of halogens is 1. The van der Waals surface area contributed by atoms with Crippen LogP contribution >= 0.6 is 11.6 Å². The SMILES string of the molecule is Cc1ccc(NCc2cc(C(=O)O)co2)c(Cl)c1. The van der Waals surface area contributed by atoms with Crippen LogP contribution in [0, 0.1) is 6.92 Å². The van der Waals surface area contributed by atoms with Gasteiger partial charge in [-0.2, -0.15) is 0 Å². The molecule has 5 heteroatoms. The first-order valence-electron chi connectivity index (χ1n) is 5.37. The highest BCUT2D eigenvalue weighted by Crippen LogP contribution is 2.23. The van der Waals surface area contributed by atoms with Gasteiger partial charge in [-0.25, -0.2) is 4.79 Å². The first-order valence-corrected chi connectivity index (χ1v) is 5.75. The zero-order valence-corrected chi connectivity index (χ0v) is 10.5. The maximum absolute atomic E-state index is 10.7. The maximum Gasteiger partial charge on any atom is 0.338 e. The van der Waals surface area contributed by atoms with E-state index >= 15 is 0 Å². The molecule has 0 atom stereocenters. The molecule has 0 aliphatic heterocycles.